The van der Waals surface area contributed by atoms with Crippen molar-refractivity contribution in [1.82, 2.24) is 0 Å². The van der Waals surface area contributed by atoms with Gasteiger partial charge < -0.3 is 9.80 Å². The van der Waals surface area contributed by atoms with Gasteiger partial charge in [0.1, 0.15) is 7.05 Å². The number of aromatic nitrogens is 1. The SMILES string of the molecule is CN(C)c1ccc(C(=C/C=C/c2cc[n+](C)cc2)c2ccc(N(C)C)cc2)cc1. The number of nitrogens with zero attached hydrogens (tertiary/aromatic N) is 3. The van der Waals surface area contributed by atoms with Crippen LogP contribution >= 0.6 is 0 Å². The van der Waals surface area contributed by atoms with Crippen LogP contribution in [-0.4, -0.2) is 28.2 Å². The van der Waals surface area contributed by atoms with Crippen molar-refractivity contribution in [2.75, 3.05) is 38.0 Å². The molecular weight excluding hydrogens is 354 g/mol. The van der Waals surface area contributed by atoms with E-state index in [0.717, 1.165) is 0 Å². The van der Waals surface area contributed by atoms with E-state index in [1.807, 2.05) is 11.6 Å². The van der Waals surface area contributed by atoms with Crippen LogP contribution in [0.4, 0.5) is 11.4 Å². The second kappa shape index (κ2) is 9.24. The molecule has 0 aliphatic rings. The van der Waals surface area contributed by atoms with E-state index in [-0.39, 0.29) is 0 Å². The van der Waals surface area contributed by atoms with Gasteiger partial charge in [-0.2, -0.15) is 0 Å². The monoisotopic (exact) mass is 384 g/mol. The number of hydrogen-bond acceptors (Lipinski definition) is 2. The maximum Gasteiger partial charge on any atom is 0.169 e. The summed E-state index contributed by atoms with van der Waals surface area (Å²) in [5, 5.41) is 0. The van der Waals surface area contributed by atoms with Gasteiger partial charge in [0.25, 0.3) is 0 Å². The molecule has 1 aromatic heterocycles. The van der Waals surface area contributed by atoms with Crippen molar-refractivity contribution >= 4 is 23.0 Å². The van der Waals surface area contributed by atoms with Crippen molar-refractivity contribution in [2.45, 2.75) is 0 Å². The van der Waals surface area contributed by atoms with Gasteiger partial charge in [0.15, 0.2) is 12.4 Å². The van der Waals surface area contributed by atoms with Crippen LogP contribution < -0.4 is 14.4 Å². The summed E-state index contributed by atoms with van der Waals surface area (Å²) in [6.07, 6.45) is 10.6. The van der Waals surface area contributed by atoms with E-state index in [0.29, 0.717) is 0 Å². The van der Waals surface area contributed by atoms with Crippen molar-refractivity contribution in [3.05, 3.63) is 102 Å². The van der Waals surface area contributed by atoms with Gasteiger partial charge in [-0.3, -0.25) is 0 Å². The number of allylic oxidation sites excluding steroid dienone is 2. The zero-order valence-electron chi connectivity index (χ0n) is 18.0. The normalized spacial score (nSPS) is 10.8. The van der Waals surface area contributed by atoms with Gasteiger partial charge in [-0.25, -0.2) is 4.57 Å². The summed E-state index contributed by atoms with van der Waals surface area (Å²) in [6, 6.07) is 21.7. The molecule has 0 saturated carbocycles. The Bertz CT molecular complexity index is 924. The molecule has 0 aliphatic carbocycles. The van der Waals surface area contributed by atoms with Crippen LogP contribution in [0, 0.1) is 0 Å². The highest BCUT2D eigenvalue weighted by molar-refractivity contribution is 5.82. The number of aryl methyl sites for hydroxylation is 1. The topological polar surface area (TPSA) is 10.4 Å². The first-order valence-corrected chi connectivity index (χ1v) is 9.83. The van der Waals surface area contributed by atoms with Gasteiger partial charge in [-0.15, -0.1) is 0 Å². The maximum atomic E-state index is 2.20. The lowest BCUT2D eigenvalue weighted by Gasteiger charge is -2.16. The Balaban J connectivity index is 1.97. The third-order valence-electron chi connectivity index (χ3n) is 4.95. The Labute approximate surface area is 174 Å². The number of anilines is 2. The lowest BCUT2D eigenvalue weighted by atomic mass is 9.96. The summed E-state index contributed by atoms with van der Waals surface area (Å²) >= 11 is 0. The molecule has 0 bridgehead atoms. The van der Waals surface area contributed by atoms with Crippen LogP contribution in [0.1, 0.15) is 16.7 Å². The van der Waals surface area contributed by atoms with Crippen LogP contribution in [-0.2, 0) is 7.05 Å². The second-order valence-electron chi connectivity index (χ2n) is 7.62. The molecule has 0 N–H and O–H groups in total. The third kappa shape index (κ3) is 5.35. The van der Waals surface area contributed by atoms with Gasteiger partial charge in [0, 0.05) is 51.7 Å². The quantitative estimate of drug-likeness (QED) is 0.447. The fraction of sp³-hybridized carbons (Fsp3) is 0.192. The standard InChI is InChI=1S/C26H30N3/c1-27(2)24-13-9-22(10-14-24)26(23-11-15-25(16-12-23)28(3)4)8-6-7-21-17-19-29(5)20-18-21/h6-20H,1-5H3/q+1. The average Bonchev–Trinajstić information content (AvgIpc) is 2.73. The fourth-order valence-electron chi connectivity index (χ4n) is 3.12. The van der Waals surface area contributed by atoms with Crippen LogP contribution in [0.15, 0.2) is 85.2 Å². The molecule has 0 fully saturated rings. The van der Waals surface area contributed by atoms with E-state index in [9.17, 15) is 0 Å². The molecule has 0 amide bonds. The minimum atomic E-state index is 1.18. The van der Waals surface area contributed by atoms with Gasteiger partial charge in [-0.1, -0.05) is 42.5 Å². The largest absolute Gasteiger partial charge is 0.378 e. The molecule has 0 spiro atoms. The maximum absolute atomic E-state index is 2.20. The third-order valence-corrected chi connectivity index (χ3v) is 4.95. The molecule has 0 unspecified atom stereocenters. The highest BCUT2D eigenvalue weighted by Crippen LogP contribution is 2.27. The number of benzene rings is 2. The van der Waals surface area contributed by atoms with E-state index in [1.165, 1.54) is 33.6 Å². The summed E-state index contributed by atoms with van der Waals surface area (Å²) in [5.74, 6) is 0. The minimum absolute atomic E-state index is 1.18. The van der Waals surface area contributed by atoms with Crippen LogP contribution in [0.25, 0.3) is 11.6 Å². The fourth-order valence-corrected chi connectivity index (χ4v) is 3.12. The molecule has 0 aliphatic heterocycles. The Kier molecular flexibility index (Phi) is 6.50. The van der Waals surface area contributed by atoms with Crippen molar-refractivity contribution < 1.29 is 4.57 Å². The smallest absolute Gasteiger partial charge is 0.169 e. The molecule has 0 atom stereocenters. The van der Waals surface area contributed by atoms with Crippen molar-refractivity contribution in [2.24, 2.45) is 7.05 Å². The molecule has 3 aromatic rings. The molecule has 29 heavy (non-hydrogen) atoms. The summed E-state index contributed by atoms with van der Waals surface area (Å²) in [6.45, 7) is 0. The predicted molar refractivity (Wildman–Crippen MR) is 125 cm³/mol. The minimum Gasteiger partial charge on any atom is -0.378 e. The number of pyridine rings is 1. The van der Waals surface area contributed by atoms with E-state index in [1.54, 1.807) is 0 Å². The Morgan fingerprint density at radius 2 is 1.14 bits per heavy atom. The number of hydrogen-bond donors (Lipinski definition) is 0. The average molecular weight is 385 g/mol. The molecule has 3 rings (SSSR count). The zero-order valence-corrected chi connectivity index (χ0v) is 18.0. The molecular formula is C26H30N3+. The zero-order chi connectivity index (χ0) is 20.8. The van der Waals surface area contributed by atoms with E-state index in [4.69, 9.17) is 0 Å². The molecule has 148 valence electrons. The summed E-state index contributed by atoms with van der Waals surface area (Å²) in [7, 11) is 10.3. The first-order chi connectivity index (χ1) is 13.9. The highest BCUT2D eigenvalue weighted by atomic mass is 15.1. The van der Waals surface area contributed by atoms with Gasteiger partial charge in [-0.05, 0) is 46.5 Å². The van der Waals surface area contributed by atoms with Crippen molar-refractivity contribution in [3.8, 4) is 0 Å². The molecule has 0 radical (unpaired) electrons. The Morgan fingerprint density at radius 3 is 1.55 bits per heavy atom. The first-order valence-electron chi connectivity index (χ1n) is 9.83. The molecule has 2 aromatic carbocycles. The summed E-state index contributed by atoms with van der Waals surface area (Å²) in [4.78, 5) is 4.24. The highest BCUT2D eigenvalue weighted by Gasteiger charge is 2.06. The van der Waals surface area contributed by atoms with Crippen LogP contribution in [0.3, 0.4) is 0 Å². The second-order valence-corrected chi connectivity index (χ2v) is 7.62. The van der Waals surface area contributed by atoms with Gasteiger partial charge in [0.05, 0.1) is 0 Å². The first kappa shape index (κ1) is 20.4. The Morgan fingerprint density at radius 1 is 0.690 bits per heavy atom. The van der Waals surface area contributed by atoms with E-state index >= 15 is 0 Å². The lowest BCUT2D eigenvalue weighted by Crippen LogP contribution is -2.25. The summed E-state index contributed by atoms with van der Waals surface area (Å²) < 4.78 is 2.04. The number of rotatable bonds is 6. The Hall–Kier alpha value is -3.33. The molecule has 3 heteroatoms. The molecule has 3 nitrogen and oxygen atoms in total. The van der Waals surface area contributed by atoms with Crippen LogP contribution in [0.2, 0.25) is 0 Å². The summed E-state index contributed by atoms with van der Waals surface area (Å²) in [5.41, 5.74) is 7.20. The van der Waals surface area contributed by atoms with Gasteiger partial charge >= 0.3 is 0 Å². The molecule has 0 saturated heterocycles. The van der Waals surface area contributed by atoms with Crippen molar-refractivity contribution in [1.29, 1.82) is 0 Å². The van der Waals surface area contributed by atoms with E-state index < -0.39 is 0 Å². The van der Waals surface area contributed by atoms with Gasteiger partial charge in [0.2, 0.25) is 0 Å². The van der Waals surface area contributed by atoms with E-state index in [2.05, 4.69) is 129 Å². The van der Waals surface area contributed by atoms with Crippen molar-refractivity contribution in [3.63, 3.8) is 0 Å². The molecule has 1 heterocycles. The predicted octanol–water partition coefficient (Wildman–Crippen LogP) is 4.79. The van der Waals surface area contributed by atoms with Crippen LogP contribution in [0.5, 0.6) is 0 Å². The lowest BCUT2D eigenvalue weighted by molar-refractivity contribution is -0.671.